The second-order valence-electron chi connectivity index (χ2n) is 2.75. The molecule has 13 heavy (non-hydrogen) atoms. The van der Waals surface area contributed by atoms with Crippen LogP contribution < -0.4 is 0 Å². The first-order valence-electron chi connectivity index (χ1n) is 3.80. The molecule has 0 aromatic carbocycles. The van der Waals surface area contributed by atoms with Gasteiger partial charge in [-0.25, -0.2) is 0 Å². The predicted molar refractivity (Wildman–Crippen MR) is 39.8 cm³/mol. The van der Waals surface area contributed by atoms with Crippen molar-refractivity contribution in [3.63, 3.8) is 0 Å². The Morgan fingerprint density at radius 2 is 2.08 bits per heavy atom. The van der Waals surface area contributed by atoms with E-state index < -0.39 is 37.0 Å². The van der Waals surface area contributed by atoms with E-state index in [1.165, 1.54) is 7.11 Å². The Morgan fingerprint density at radius 1 is 1.46 bits per heavy atom. The third kappa shape index (κ3) is 1.87. The Hall–Kier alpha value is -0.530. The third-order valence-electron chi connectivity index (χ3n) is 1.91. The highest BCUT2D eigenvalue weighted by atomic mass is 16.7. The number of hydrogen-bond acceptors (Lipinski definition) is 6. The summed E-state index contributed by atoms with van der Waals surface area (Å²) in [6.07, 6.45) is -5.14. The lowest BCUT2D eigenvalue weighted by Crippen LogP contribution is -2.56. The van der Waals surface area contributed by atoms with Crippen LogP contribution in [0.5, 0.6) is 0 Å². The van der Waals surface area contributed by atoms with Crippen LogP contribution in [0.3, 0.4) is 0 Å². The number of aliphatic hydroxyl groups is 3. The summed E-state index contributed by atoms with van der Waals surface area (Å²) in [4.78, 5) is 11.1. The third-order valence-corrected chi connectivity index (χ3v) is 1.91. The molecule has 0 amide bonds. The lowest BCUT2D eigenvalue weighted by Gasteiger charge is -2.34. The first-order valence-corrected chi connectivity index (χ1v) is 3.80. The van der Waals surface area contributed by atoms with Gasteiger partial charge in [0.2, 0.25) is 0 Å². The highest BCUT2D eigenvalue weighted by Gasteiger charge is 2.43. The molecule has 1 aliphatic rings. The molecule has 0 aromatic heterocycles. The molecule has 0 bridgehead atoms. The lowest BCUT2D eigenvalue weighted by molar-refractivity contribution is -0.247. The van der Waals surface area contributed by atoms with Gasteiger partial charge >= 0.3 is 0 Å². The number of aliphatic hydroxyl groups excluding tert-OH is 3. The van der Waals surface area contributed by atoms with Gasteiger partial charge in [0.15, 0.2) is 18.2 Å². The first kappa shape index (κ1) is 10.6. The molecular weight excluding hydrogens is 180 g/mol. The molecule has 0 radical (unpaired) electrons. The summed E-state index contributed by atoms with van der Waals surface area (Å²) < 4.78 is 9.53. The number of rotatable bonds is 2. The Kier molecular flexibility index (Phi) is 3.34. The average molecular weight is 192 g/mol. The number of carbonyl (C=O) groups is 1. The quantitative estimate of drug-likeness (QED) is 0.453. The monoisotopic (exact) mass is 192 g/mol. The normalized spacial score (nSPS) is 40.8. The second kappa shape index (κ2) is 4.12. The van der Waals surface area contributed by atoms with Crippen molar-refractivity contribution in [1.29, 1.82) is 0 Å². The Morgan fingerprint density at radius 3 is 2.54 bits per heavy atom. The maximum Gasteiger partial charge on any atom is 0.197 e. The summed E-state index contributed by atoms with van der Waals surface area (Å²) in [5.74, 6) is -0.794. The maximum absolute atomic E-state index is 11.1. The zero-order chi connectivity index (χ0) is 10.0. The van der Waals surface area contributed by atoms with E-state index >= 15 is 0 Å². The summed E-state index contributed by atoms with van der Waals surface area (Å²) in [6, 6.07) is 0. The molecule has 76 valence electrons. The average Bonchev–Trinajstić information content (AvgIpc) is 2.15. The molecule has 0 spiro atoms. The fraction of sp³-hybridized carbons (Fsp3) is 0.857. The Labute approximate surface area is 74.7 Å². The van der Waals surface area contributed by atoms with Crippen LogP contribution in [0.15, 0.2) is 0 Å². The van der Waals surface area contributed by atoms with Gasteiger partial charge in [-0.2, -0.15) is 0 Å². The van der Waals surface area contributed by atoms with Gasteiger partial charge in [0.05, 0.1) is 6.61 Å². The summed E-state index contributed by atoms with van der Waals surface area (Å²) in [7, 11) is 1.26. The maximum atomic E-state index is 11.1. The van der Waals surface area contributed by atoms with Gasteiger partial charge in [-0.15, -0.1) is 0 Å². The van der Waals surface area contributed by atoms with Crippen LogP contribution in [-0.4, -0.2) is 59.4 Å². The van der Waals surface area contributed by atoms with Gasteiger partial charge in [0.1, 0.15) is 12.2 Å². The number of Topliss-reactive ketones (excluding diaryl/α,β-unsaturated/α-hetero) is 1. The Balaban J connectivity index is 2.72. The molecule has 3 N–H and O–H groups in total. The fourth-order valence-electron chi connectivity index (χ4n) is 1.14. The molecule has 6 heteroatoms. The molecule has 1 saturated heterocycles. The molecular formula is C7H12O6. The molecule has 0 saturated carbocycles. The van der Waals surface area contributed by atoms with Gasteiger partial charge in [-0.05, 0) is 0 Å². The van der Waals surface area contributed by atoms with Crippen molar-refractivity contribution in [2.75, 3.05) is 13.7 Å². The highest BCUT2D eigenvalue weighted by molar-refractivity contribution is 5.88. The summed E-state index contributed by atoms with van der Waals surface area (Å²) >= 11 is 0. The number of ketones is 1. The van der Waals surface area contributed by atoms with Crippen molar-refractivity contribution in [3.8, 4) is 0 Å². The van der Waals surface area contributed by atoms with E-state index in [1.807, 2.05) is 0 Å². The van der Waals surface area contributed by atoms with E-state index in [-0.39, 0.29) is 0 Å². The van der Waals surface area contributed by atoms with E-state index in [4.69, 9.17) is 9.84 Å². The number of methoxy groups -OCH3 is 1. The van der Waals surface area contributed by atoms with Crippen LogP contribution in [0.4, 0.5) is 0 Å². The number of carbonyl (C=O) groups excluding carboxylic acids is 1. The van der Waals surface area contributed by atoms with E-state index in [2.05, 4.69) is 4.74 Å². The Bertz CT molecular complexity index is 175. The number of ether oxygens (including phenoxy) is 2. The molecule has 0 aromatic rings. The van der Waals surface area contributed by atoms with Crippen molar-refractivity contribution in [3.05, 3.63) is 0 Å². The van der Waals surface area contributed by atoms with Crippen molar-refractivity contribution in [2.24, 2.45) is 0 Å². The van der Waals surface area contributed by atoms with E-state index in [0.717, 1.165) is 0 Å². The minimum atomic E-state index is -1.50. The van der Waals surface area contributed by atoms with Crippen LogP contribution >= 0.6 is 0 Å². The molecule has 4 atom stereocenters. The van der Waals surface area contributed by atoms with Crippen LogP contribution in [0.2, 0.25) is 0 Å². The van der Waals surface area contributed by atoms with Crippen LogP contribution in [-0.2, 0) is 14.3 Å². The molecule has 0 aliphatic carbocycles. The fourth-order valence-corrected chi connectivity index (χ4v) is 1.14. The standard InChI is InChI=1S/C7H12O6/c1-12-7-6(11)5(10)4(9)3(2-8)13-7/h3-4,6-9,11H,2H2,1H3/t3?,4-,6?,7+/m1/s1. The molecule has 1 fully saturated rings. The minimum absolute atomic E-state index is 0.501. The molecule has 2 unspecified atom stereocenters. The number of hydrogen-bond donors (Lipinski definition) is 3. The molecule has 1 rings (SSSR count). The van der Waals surface area contributed by atoms with Gasteiger partial charge in [-0.1, -0.05) is 0 Å². The summed E-state index contributed by atoms with van der Waals surface area (Å²) in [6.45, 7) is -0.501. The highest BCUT2D eigenvalue weighted by Crippen LogP contribution is 2.17. The van der Waals surface area contributed by atoms with E-state index in [1.54, 1.807) is 0 Å². The topological polar surface area (TPSA) is 96.2 Å². The first-order chi connectivity index (χ1) is 6.11. The molecule has 1 heterocycles. The largest absolute Gasteiger partial charge is 0.394 e. The van der Waals surface area contributed by atoms with Crippen LogP contribution in [0, 0.1) is 0 Å². The van der Waals surface area contributed by atoms with E-state index in [0.29, 0.717) is 0 Å². The zero-order valence-electron chi connectivity index (χ0n) is 7.08. The zero-order valence-corrected chi connectivity index (χ0v) is 7.08. The lowest BCUT2D eigenvalue weighted by atomic mass is 10.0. The van der Waals surface area contributed by atoms with Gasteiger partial charge in [0.25, 0.3) is 0 Å². The minimum Gasteiger partial charge on any atom is -0.394 e. The van der Waals surface area contributed by atoms with Gasteiger partial charge in [-0.3, -0.25) is 4.79 Å². The SMILES string of the molecule is CO[C@H]1OC(CO)[C@@H](O)C(=O)C1O. The van der Waals surface area contributed by atoms with Gasteiger partial charge < -0.3 is 24.8 Å². The molecule has 1 aliphatic heterocycles. The smallest absolute Gasteiger partial charge is 0.197 e. The van der Waals surface area contributed by atoms with Crippen molar-refractivity contribution >= 4 is 5.78 Å². The van der Waals surface area contributed by atoms with Crippen molar-refractivity contribution in [2.45, 2.75) is 24.6 Å². The second-order valence-corrected chi connectivity index (χ2v) is 2.75. The summed E-state index contributed by atoms with van der Waals surface area (Å²) in [5.41, 5.74) is 0. The van der Waals surface area contributed by atoms with Crippen molar-refractivity contribution in [1.82, 2.24) is 0 Å². The summed E-state index contributed by atoms with van der Waals surface area (Å²) in [5, 5.41) is 27.1. The van der Waals surface area contributed by atoms with Crippen LogP contribution in [0.25, 0.3) is 0 Å². The van der Waals surface area contributed by atoms with Gasteiger partial charge in [0, 0.05) is 7.11 Å². The van der Waals surface area contributed by atoms with E-state index in [9.17, 15) is 15.0 Å². The molecule has 6 nitrogen and oxygen atoms in total. The van der Waals surface area contributed by atoms with Crippen LogP contribution in [0.1, 0.15) is 0 Å². The van der Waals surface area contributed by atoms with Crippen molar-refractivity contribution < 1.29 is 29.6 Å². The predicted octanol–water partition coefficient (Wildman–Crippen LogP) is -2.36.